The maximum Gasteiger partial charge on any atom is -0.0242 e. The minimum absolute atomic E-state index is 0.634. The van der Waals surface area contributed by atoms with E-state index in [1.807, 2.05) is 54.5 Å². The molecule has 0 N–H and O–H groups in total. The highest BCUT2D eigenvalue weighted by molar-refractivity contribution is 4.76. The van der Waals surface area contributed by atoms with Crippen molar-refractivity contribution >= 4 is 0 Å². The Labute approximate surface area is 212 Å². The molecule has 0 spiro atoms. The molecule has 0 heteroatoms. The van der Waals surface area contributed by atoms with E-state index in [4.69, 9.17) is 0 Å². The van der Waals surface area contributed by atoms with Gasteiger partial charge in [0.15, 0.2) is 0 Å². The van der Waals surface area contributed by atoms with Gasteiger partial charge in [-0.25, -0.2) is 0 Å². The third-order valence-electron chi connectivity index (χ3n) is 4.48. The Morgan fingerprint density at radius 1 is 0.656 bits per heavy atom. The van der Waals surface area contributed by atoms with Crippen LogP contribution in [-0.2, 0) is 0 Å². The molecule has 0 aliphatic rings. The predicted molar refractivity (Wildman–Crippen MR) is 164 cm³/mol. The van der Waals surface area contributed by atoms with Gasteiger partial charge in [-0.15, -0.1) is 13.2 Å². The summed E-state index contributed by atoms with van der Waals surface area (Å²) in [6.07, 6.45) is 13.0. The van der Waals surface area contributed by atoms with Crippen LogP contribution in [0.1, 0.15) is 170 Å². The fourth-order valence-electron chi connectivity index (χ4n) is 1.48. The summed E-state index contributed by atoms with van der Waals surface area (Å²) in [6, 6.07) is 0. The highest BCUT2D eigenvalue weighted by Crippen LogP contribution is 2.30. The molecular formula is C32H76. The van der Waals surface area contributed by atoms with Crippen molar-refractivity contribution in [2.45, 2.75) is 170 Å². The fourth-order valence-corrected chi connectivity index (χ4v) is 1.48. The van der Waals surface area contributed by atoms with E-state index >= 15 is 0 Å². The lowest BCUT2D eigenvalue weighted by Crippen LogP contribution is -2.12. The standard InChI is InChI=1S/C9H20.C7H14.C4H10.C3H8.C3H6.3C2H6/c1-5-8-9(4,6-2)7-3;1-5-7(4)6(2)3;1-3-4-2;2*1-3-2;3*1-2/h5-8H2,1-4H3;5-7H,1H2,2-4H3;3-4H2,1-2H3;3H2,1-2H3;3H,1H2,2H3;3*1-2H3/t;7-;;;;;;/m.1....../s1. The molecule has 32 heavy (non-hydrogen) atoms. The lowest BCUT2D eigenvalue weighted by molar-refractivity contribution is 0.270. The zero-order valence-corrected chi connectivity index (χ0v) is 27.2. The Hall–Kier alpha value is -0.520. The quantitative estimate of drug-likeness (QED) is 0.331. The number of unbranched alkanes of at least 4 members (excludes halogenated alkanes) is 1. The molecule has 0 aromatic carbocycles. The van der Waals surface area contributed by atoms with Gasteiger partial charge < -0.3 is 0 Å². The van der Waals surface area contributed by atoms with Gasteiger partial charge in [0.05, 0.1) is 0 Å². The van der Waals surface area contributed by atoms with Gasteiger partial charge in [0, 0.05) is 0 Å². The number of hydrogen-bond donors (Lipinski definition) is 0. The Balaban J connectivity index is -0.0000000373. The van der Waals surface area contributed by atoms with Gasteiger partial charge in [-0.3, -0.25) is 0 Å². The molecule has 0 aromatic heterocycles. The van der Waals surface area contributed by atoms with Gasteiger partial charge in [0.25, 0.3) is 0 Å². The Morgan fingerprint density at radius 3 is 0.938 bits per heavy atom. The molecular weight excluding hydrogens is 384 g/mol. The summed E-state index contributed by atoms with van der Waals surface area (Å²) in [6.45, 7) is 45.4. The van der Waals surface area contributed by atoms with Crippen molar-refractivity contribution < 1.29 is 0 Å². The molecule has 0 rings (SSSR count). The normalized spacial score (nSPS) is 8.97. The first-order valence-corrected chi connectivity index (χ1v) is 14.3. The molecule has 0 nitrogen and oxygen atoms in total. The van der Waals surface area contributed by atoms with Gasteiger partial charge in [0.1, 0.15) is 0 Å². The van der Waals surface area contributed by atoms with E-state index in [2.05, 4.69) is 89.3 Å². The van der Waals surface area contributed by atoms with E-state index in [0.717, 1.165) is 5.92 Å². The van der Waals surface area contributed by atoms with Crippen LogP contribution in [0.15, 0.2) is 25.3 Å². The van der Waals surface area contributed by atoms with Crippen LogP contribution in [0.25, 0.3) is 0 Å². The number of rotatable bonds is 7. The fraction of sp³-hybridized carbons (Fsp3) is 0.875. The number of allylic oxidation sites excluding steroid dienone is 2. The lowest BCUT2D eigenvalue weighted by Gasteiger charge is -2.25. The molecule has 0 fully saturated rings. The van der Waals surface area contributed by atoms with Crippen LogP contribution in [-0.4, -0.2) is 0 Å². The van der Waals surface area contributed by atoms with E-state index < -0.39 is 0 Å². The van der Waals surface area contributed by atoms with Crippen molar-refractivity contribution in [3.63, 3.8) is 0 Å². The summed E-state index contributed by atoms with van der Waals surface area (Å²) in [5.41, 5.74) is 0.634. The Bertz CT molecular complexity index is 218. The molecule has 0 unspecified atom stereocenters. The monoisotopic (exact) mass is 461 g/mol. The van der Waals surface area contributed by atoms with Crippen molar-refractivity contribution in [3.05, 3.63) is 25.3 Å². The molecule has 0 saturated carbocycles. The predicted octanol–water partition coefficient (Wildman–Crippen LogP) is 13.6. The van der Waals surface area contributed by atoms with Crippen LogP contribution in [0.3, 0.4) is 0 Å². The van der Waals surface area contributed by atoms with Crippen LogP contribution in [0.4, 0.5) is 0 Å². The third kappa shape index (κ3) is 88.0. The summed E-state index contributed by atoms with van der Waals surface area (Å²) in [5.74, 6) is 1.41. The average molecular weight is 461 g/mol. The second-order valence-corrected chi connectivity index (χ2v) is 7.72. The largest absolute Gasteiger partial charge is 0.103 e. The zero-order valence-electron chi connectivity index (χ0n) is 27.2. The van der Waals surface area contributed by atoms with Gasteiger partial charge >= 0.3 is 0 Å². The van der Waals surface area contributed by atoms with Crippen molar-refractivity contribution in [2.24, 2.45) is 17.3 Å². The highest BCUT2D eigenvalue weighted by atomic mass is 14.2. The van der Waals surface area contributed by atoms with E-state index in [-0.39, 0.29) is 0 Å². The molecule has 204 valence electrons. The van der Waals surface area contributed by atoms with Crippen LogP contribution < -0.4 is 0 Å². The smallest absolute Gasteiger partial charge is 0.0242 e. The first-order chi connectivity index (χ1) is 15.1. The summed E-state index contributed by atoms with van der Waals surface area (Å²) in [7, 11) is 0. The molecule has 0 aliphatic heterocycles. The lowest BCUT2D eigenvalue weighted by atomic mass is 9.81. The van der Waals surface area contributed by atoms with Gasteiger partial charge in [-0.05, 0) is 30.6 Å². The van der Waals surface area contributed by atoms with Crippen molar-refractivity contribution in [1.29, 1.82) is 0 Å². The van der Waals surface area contributed by atoms with E-state index in [1.54, 1.807) is 6.08 Å². The molecule has 1 atom stereocenters. The molecule has 0 aliphatic carbocycles. The molecule has 0 amide bonds. The Kier molecular flexibility index (Phi) is 105. The van der Waals surface area contributed by atoms with Gasteiger partial charge in [0.2, 0.25) is 0 Å². The van der Waals surface area contributed by atoms with Crippen LogP contribution in [0.2, 0.25) is 0 Å². The molecule has 0 heterocycles. The van der Waals surface area contributed by atoms with Crippen LogP contribution >= 0.6 is 0 Å². The van der Waals surface area contributed by atoms with Crippen molar-refractivity contribution in [3.8, 4) is 0 Å². The summed E-state index contributed by atoms with van der Waals surface area (Å²) in [5, 5.41) is 0. The number of hydrogen-bond acceptors (Lipinski definition) is 0. The van der Waals surface area contributed by atoms with Crippen molar-refractivity contribution in [2.75, 3.05) is 0 Å². The maximum absolute atomic E-state index is 3.68. The molecule has 0 saturated heterocycles. The van der Waals surface area contributed by atoms with Crippen molar-refractivity contribution in [1.82, 2.24) is 0 Å². The first kappa shape index (κ1) is 53.0. The average Bonchev–Trinajstić information content (AvgIpc) is 2.84. The second kappa shape index (κ2) is 63.2. The minimum atomic E-state index is 0.634. The molecule has 0 bridgehead atoms. The maximum atomic E-state index is 3.68. The first-order valence-electron chi connectivity index (χ1n) is 14.3. The summed E-state index contributed by atoms with van der Waals surface area (Å²) in [4.78, 5) is 0. The van der Waals surface area contributed by atoms with E-state index in [9.17, 15) is 0 Å². The topological polar surface area (TPSA) is 0 Å². The summed E-state index contributed by atoms with van der Waals surface area (Å²) < 4.78 is 0. The molecule has 0 aromatic rings. The summed E-state index contributed by atoms with van der Waals surface area (Å²) >= 11 is 0. The van der Waals surface area contributed by atoms with Crippen LogP contribution in [0.5, 0.6) is 0 Å². The Morgan fingerprint density at radius 2 is 0.906 bits per heavy atom. The SMILES string of the molecule is C=CC.C=C[C@@H](C)C(C)C.CC.CC.CC.CCC.CCCC.CCCC(C)(CC)CC. The van der Waals surface area contributed by atoms with Gasteiger partial charge in [-0.2, -0.15) is 0 Å². The zero-order chi connectivity index (χ0) is 28.0. The van der Waals surface area contributed by atoms with Gasteiger partial charge in [-0.1, -0.05) is 168 Å². The second-order valence-electron chi connectivity index (χ2n) is 7.72. The van der Waals surface area contributed by atoms with E-state index in [1.165, 1.54) is 44.9 Å². The molecule has 0 radical (unpaired) electrons. The third-order valence-corrected chi connectivity index (χ3v) is 4.48. The minimum Gasteiger partial charge on any atom is -0.103 e. The van der Waals surface area contributed by atoms with E-state index in [0.29, 0.717) is 11.3 Å². The highest BCUT2D eigenvalue weighted by Gasteiger charge is 2.17. The van der Waals surface area contributed by atoms with Crippen LogP contribution in [0, 0.1) is 17.3 Å².